The molecule has 5 aliphatic rings. The molecule has 1 amide bonds. The molecule has 50 heteroatoms. The van der Waals surface area contributed by atoms with Crippen LogP contribution in [0.3, 0.4) is 0 Å². The number of amides is 1. The zero-order valence-corrected chi connectivity index (χ0v) is 77.7. The highest BCUT2D eigenvalue weighted by molar-refractivity contribution is 7.19. The average Bonchev–Trinajstić information content (AvgIpc) is 1.68. The zero-order chi connectivity index (χ0) is 100. The number of esters is 1. The number of thiazole rings is 3. The van der Waals surface area contributed by atoms with Crippen molar-refractivity contribution >= 4 is 76.5 Å². The van der Waals surface area contributed by atoms with Gasteiger partial charge in [0.05, 0.1) is 113 Å². The Morgan fingerprint density at radius 1 is 0.448 bits per heavy atom. The second-order valence-corrected chi connectivity index (χ2v) is 38.1. The normalized spacial score (nSPS) is 23.4. The Morgan fingerprint density at radius 3 is 1.19 bits per heavy atom. The largest absolute Gasteiger partial charge is 0.460 e. The number of hydrogen-bond acceptors (Lipinski definition) is 34. The van der Waals surface area contributed by atoms with Gasteiger partial charge >= 0.3 is 5.97 Å². The summed E-state index contributed by atoms with van der Waals surface area (Å²) in [7, 11) is 0. The Balaban J connectivity index is 0.000000132. The molecule has 0 spiro atoms. The van der Waals surface area contributed by atoms with Crippen molar-refractivity contribution in [2.24, 2.45) is 11.5 Å². The van der Waals surface area contributed by atoms with Crippen molar-refractivity contribution in [3.05, 3.63) is 284 Å². The van der Waals surface area contributed by atoms with E-state index in [4.69, 9.17) is 49.4 Å². The number of ether oxygens (including phenoxy) is 8. The standard InChI is InChI=1S/C34H28F3N7O6S.C32H25F3N8O5S.C27H27F3N8O4S/c1-3-47-33(46)32-41-40-31(44(32)19-9-10-22-25(13-19)51-16(2)38-22)30-28(45)27(29-24(49-30)15-48-34(50-29)17-7-5-4-6-8-17)43-14-23(39-42-43)18-11-20(35)26(37)21(36)12-18;1-14-37-20-8-7-17(11-23(20)49-14)43-30(39-40-31(43)29(36)45)28-26(44)25(27-22(47-28)13-46-32(48-27)15-5-3-2-4-6-15)42-12-21(38-41-42)16-9-18(33)24(35)19(34)10-16;1-11-32-16-5-4-13(8-19(16)43-11)38-25(34-35-26(38)27(2,3)31)24-23(41)21(22(40)18(10-39)42-24)37-9-17(33-36-37)12-6-14(28)20(30)15(29)7-12/h4-14,24,27-30,34,45H,3,15H2,1-2H3;2-12,22,25-28,32,44H,13H2,1H3,(H2,36,45);4-9,18,21-24,39-41H,10,31H2,1-3H3/t24-,27-,28-,29+,30-,34+;22-,25-,26-,27+,28-,32+;18-,21+,22+,23-,24-/m111/s1. The molecule has 0 bridgehead atoms. The molecule has 5 aliphatic heterocycles. The van der Waals surface area contributed by atoms with Gasteiger partial charge in [0.25, 0.3) is 5.91 Å². The van der Waals surface area contributed by atoms with Crippen LogP contribution in [-0.4, -0.2) is 223 Å². The van der Waals surface area contributed by atoms with Crippen LogP contribution in [0.5, 0.6) is 0 Å². The highest BCUT2D eigenvalue weighted by atomic mass is 32.1. The number of aliphatic hydroxyl groups excluding tert-OH is 5. The van der Waals surface area contributed by atoms with Crippen molar-refractivity contribution in [2.75, 3.05) is 26.4 Å². The number of primary amides is 1. The van der Waals surface area contributed by atoms with Crippen LogP contribution < -0.4 is 11.5 Å². The number of carbonyl (C=O) groups excluding carboxylic acids is 2. The molecule has 0 saturated carbocycles. The van der Waals surface area contributed by atoms with E-state index in [9.17, 15) is 74.6 Å². The summed E-state index contributed by atoms with van der Waals surface area (Å²) < 4.78 is 185. The lowest BCUT2D eigenvalue weighted by Gasteiger charge is -2.47. The molecule has 17 aromatic rings. The number of fused-ring (bicyclic) bond motifs is 5. The van der Waals surface area contributed by atoms with Gasteiger partial charge in [0, 0.05) is 27.8 Å². The minimum Gasteiger partial charge on any atom is -0.460 e. The van der Waals surface area contributed by atoms with Gasteiger partial charge in [-0.1, -0.05) is 76.3 Å². The van der Waals surface area contributed by atoms with Crippen molar-refractivity contribution < 1.29 is 113 Å². The third-order valence-electron chi connectivity index (χ3n) is 24.4. The first-order valence-corrected chi connectivity index (χ1v) is 46.6. The van der Waals surface area contributed by atoms with Gasteiger partial charge in [-0.05, 0) is 133 Å². The van der Waals surface area contributed by atoms with Crippen LogP contribution in [0.25, 0.3) is 81.5 Å². The summed E-state index contributed by atoms with van der Waals surface area (Å²) in [6, 6.07) is 35.8. The number of aryl methyl sites for hydroxylation is 3. The molecule has 143 heavy (non-hydrogen) atoms. The van der Waals surface area contributed by atoms with E-state index in [1.54, 1.807) is 61.7 Å². The number of halogens is 9. The van der Waals surface area contributed by atoms with Gasteiger partial charge in [0.1, 0.15) is 108 Å². The van der Waals surface area contributed by atoms with E-state index < -0.39 is 180 Å². The summed E-state index contributed by atoms with van der Waals surface area (Å²) in [6.45, 7) is 10.3. The van der Waals surface area contributed by atoms with E-state index in [1.807, 2.05) is 99.6 Å². The number of benzene rings is 8. The van der Waals surface area contributed by atoms with Crippen LogP contribution in [0.1, 0.15) is 140 Å². The Kier molecular flexibility index (Phi) is 26.4. The topological polar surface area (TPSA) is 484 Å². The number of carbonyl (C=O) groups is 2. The molecule has 9 aromatic heterocycles. The minimum absolute atomic E-state index is 0.00333. The molecule has 38 nitrogen and oxygen atoms in total. The van der Waals surface area contributed by atoms with E-state index in [1.165, 1.54) is 71.1 Å². The first kappa shape index (κ1) is 96.5. The van der Waals surface area contributed by atoms with Gasteiger partial charge in [-0.15, -0.1) is 79.9 Å². The van der Waals surface area contributed by atoms with Gasteiger partial charge in [-0.3, -0.25) is 18.5 Å². The fourth-order valence-electron chi connectivity index (χ4n) is 17.8. The molecule has 0 unspecified atom stereocenters. The molecule has 5 saturated heterocycles. The van der Waals surface area contributed by atoms with Gasteiger partial charge in [-0.25, -0.2) is 73.3 Å². The van der Waals surface area contributed by atoms with Crippen molar-refractivity contribution in [2.45, 2.75) is 151 Å². The Bertz CT molecular complexity index is 7610. The smallest absolute Gasteiger partial charge is 0.376 e. The summed E-state index contributed by atoms with van der Waals surface area (Å²) in [5.74, 6) is -14.6. The predicted molar refractivity (Wildman–Crippen MR) is 487 cm³/mol. The molecule has 738 valence electrons. The van der Waals surface area contributed by atoms with Crippen LogP contribution >= 0.6 is 34.0 Å². The highest BCUT2D eigenvalue weighted by Crippen LogP contribution is 2.49. The van der Waals surface area contributed by atoms with Crippen LogP contribution in [0, 0.1) is 73.1 Å². The summed E-state index contributed by atoms with van der Waals surface area (Å²) in [5, 5.41) is 110. The molecule has 14 heterocycles. The van der Waals surface area contributed by atoms with E-state index in [0.29, 0.717) is 28.5 Å². The lowest BCUT2D eigenvalue weighted by molar-refractivity contribution is -0.319. The summed E-state index contributed by atoms with van der Waals surface area (Å²) in [4.78, 5) is 39.3. The van der Waals surface area contributed by atoms with Gasteiger partial charge < -0.3 is 74.9 Å². The minimum atomic E-state index is -1.63. The molecule has 22 rings (SSSR count). The maximum atomic E-state index is 14.2. The third-order valence-corrected chi connectivity index (χ3v) is 27.2. The van der Waals surface area contributed by atoms with Gasteiger partial charge in [0.15, 0.2) is 88.2 Å². The summed E-state index contributed by atoms with van der Waals surface area (Å²) in [6.07, 6.45) is -12.1. The monoisotopic (exact) mass is 2030 g/mol. The predicted octanol–water partition coefficient (Wildman–Crippen LogP) is 11.8. The first-order chi connectivity index (χ1) is 68.7. The van der Waals surface area contributed by atoms with Crippen molar-refractivity contribution in [1.82, 2.24) is 104 Å². The highest BCUT2D eigenvalue weighted by Gasteiger charge is 2.56. The number of rotatable bonds is 19. The number of hydrogen-bond donors (Lipinski definition) is 7. The van der Waals surface area contributed by atoms with E-state index in [-0.39, 0.29) is 82.7 Å². The third kappa shape index (κ3) is 18.5. The van der Waals surface area contributed by atoms with Gasteiger partial charge in [-0.2, -0.15) is 0 Å². The fraction of sp³-hybridized carbons (Fsp3) is 0.301. The van der Waals surface area contributed by atoms with Crippen LogP contribution in [0.2, 0.25) is 0 Å². The molecule has 5 fully saturated rings. The molecular formula is C93H80F9N23O15S3. The quantitative estimate of drug-likeness (QED) is 0.0225. The fourth-order valence-corrected chi connectivity index (χ4v) is 20.4. The average molecular weight is 2030 g/mol. The number of nitrogens with zero attached hydrogens (tertiary/aromatic N) is 21. The lowest BCUT2D eigenvalue weighted by Crippen LogP contribution is -2.57. The maximum absolute atomic E-state index is 14.2. The first-order valence-electron chi connectivity index (χ1n) is 44.1. The van der Waals surface area contributed by atoms with E-state index in [0.717, 1.165) is 92.3 Å². The molecule has 0 aliphatic carbocycles. The van der Waals surface area contributed by atoms with Crippen molar-refractivity contribution in [3.8, 4) is 50.8 Å². The molecule has 9 N–H and O–H groups in total. The van der Waals surface area contributed by atoms with E-state index >= 15 is 0 Å². The zero-order valence-electron chi connectivity index (χ0n) is 75.3. The Hall–Kier alpha value is -13.9. The van der Waals surface area contributed by atoms with Crippen LogP contribution in [-0.2, 0) is 43.4 Å². The lowest BCUT2D eigenvalue weighted by atomic mass is 9.91. The van der Waals surface area contributed by atoms with Crippen molar-refractivity contribution in [3.63, 3.8) is 0 Å². The van der Waals surface area contributed by atoms with Gasteiger partial charge in [0.2, 0.25) is 11.6 Å². The Labute approximate surface area is 812 Å². The SMILES string of the molecule is CCOC(=O)c1nnc([C@@H]2O[C@@H]3CO[C@H](c4ccccc4)O[C@@H]3[C@H](n3cc(-c4cc(F)c(F)c(F)c4)nn3)[C@H]2O)n1-c1ccc2nc(C)sc2c1.Cc1nc2ccc(-n3c(C(N)=O)nnc3[C@@H]3O[C@@H]4CO[C@H](c5ccccc5)O[C@@H]4[C@H](n4cc(-c5cc(F)c(F)c(F)c5)nn4)[C@H]3O)cc2s1.Cc1nc2ccc(-n3c([C@@H]4O[C@H](CO)[C@H](O)[C@H](n5cc(-c6cc(F)c(F)c(F)c6)nn5)[C@H]4O)nnc3C(C)(C)N)cc2s1. The maximum Gasteiger partial charge on any atom is 0.376 e. The summed E-state index contributed by atoms with van der Waals surface area (Å²) in [5.41, 5.74) is 16.2. The van der Waals surface area contributed by atoms with E-state index in [2.05, 4.69) is 76.5 Å². The number of aliphatic hydroxyl groups is 5. The molecule has 0 radical (unpaired) electrons. The number of nitrogens with two attached hydrogens (primary N) is 2. The molecule has 8 aromatic carbocycles. The second-order valence-electron chi connectivity index (χ2n) is 34.4. The van der Waals surface area contributed by atoms with Crippen LogP contribution in [0.15, 0.2) is 170 Å². The second kappa shape index (κ2) is 39.1. The summed E-state index contributed by atoms with van der Waals surface area (Å²) >= 11 is 4.41. The van der Waals surface area contributed by atoms with Crippen molar-refractivity contribution in [1.29, 1.82) is 0 Å². The number of aromatic nitrogens is 21. The van der Waals surface area contributed by atoms with Crippen LogP contribution in [0.4, 0.5) is 39.5 Å². The Morgan fingerprint density at radius 2 is 0.804 bits per heavy atom. The molecular weight excluding hydrogens is 1950 g/mol. The molecule has 17 atom stereocenters.